The van der Waals surface area contributed by atoms with E-state index in [1.807, 2.05) is 25.1 Å². The Kier molecular flexibility index (Phi) is 7.75. The molecular weight excluding hydrogens is 374 g/mol. The molecule has 0 spiro atoms. The molecule has 1 aliphatic heterocycles. The minimum atomic E-state index is -0.250. The summed E-state index contributed by atoms with van der Waals surface area (Å²) in [5, 5.41) is 2.95. The molecule has 1 heterocycles. The average Bonchev–Trinajstić information content (AvgIpc) is 3.13. The minimum absolute atomic E-state index is 0. The highest BCUT2D eigenvalue weighted by Crippen LogP contribution is 2.33. The second-order valence-corrected chi connectivity index (χ2v) is 7.27. The van der Waals surface area contributed by atoms with Crippen LogP contribution in [0.25, 0.3) is 0 Å². The molecule has 1 saturated heterocycles. The molecule has 2 aromatic rings. The van der Waals surface area contributed by atoms with Crippen molar-refractivity contribution in [1.29, 1.82) is 0 Å². The molecule has 5 nitrogen and oxygen atoms in total. The molecule has 2 aromatic carbocycles. The Morgan fingerprint density at radius 1 is 1.11 bits per heavy atom. The van der Waals surface area contributed by atoms with Crippen molar-refractivity contribution >= 4 is 29.8 Å². The van der Waals surface area contributed by atoms with Crippen LogP contribution in [-0.2, 0) is 4.79 Å². The number of anilines is 1. The number of hydrogen-bond acceptors (Lipinski definition) is 4. The van der Waals surface area contributed by atoms with Gasteiger partial charge in [0.2, 0.25) is 5.91 Å². The third-order valence-corrected chi connectivity index (χ3v) is 5.49. The lowest BCUT2D eigenvalue weighted by atomic mass is 9.89. The number of ketones is 1. The van der Waals surface area contributed by atoms with Crippen LogP contribution in [0.3, 0.4) is 0 Å². The number of carbonyl (C=O) groups excluding carboxylic acids is 2. The molecule has 1 amide bonds. The lowest BCUT2D eigenvalue weighted by Crippen LogP contribution is -2.41. The van der Waals surface area contributed by atoms with E-state index in [1.165, 1.54) is 12.5 Å². The van der Waals surface area contributed by atoms with Gasteiger partial charge in [0.05, 0.1) is 6.04 Å². The Hall–Kier alpha value is -2.21. The summed E-state index contributed by atoms with van der Waals surface area (Å²) in [4.78, 5) is 26.3. The summed E-state index contributed by atoms with van der Waals surface area (Å²) >= 11 is 0. The molecule has 0 bridgehead atoms. The number of nitrogens with one attached hydrogen (secondary N) is 1. The predicted molar refractivity (Wildman–Crippen MR) is 115 cm³/mol. The first-order valence-corrected chi connectivity index (χ1v) is 9.40. The van der Waals surface area contributed by atoms with Crippen LogP contribution in [0, 0.1) is 5.92 Å². The largest absolute Gasteiger partial charge is 0.330 e. The lowest BCUT2D eigenvalue weighted by Gasteiger charge is -2.23. The van der Waals surface area contributed by atoms with Crippen molar-refractivity contribution in [3.8, 4) is 0 Å². The van der Waals surface area contributed by atoms with Crippen molar-refractivity contribution in [2.24, 2.45) is 11.7 Å². The first-order chi connectivity index (χ1) is 13.0. The van der Waals surface area contributed by atoms with Gasteiger partial charge in [0.1, 0.15) is 0 Å². The van der Waals surface area contributed by atoms with Gasteiger partial charge >= 0.3 is 0 Å². The number of halogens is 1. The first kappa shape index (κ1) is 22.1. The number of rotatable bonds is 6. The molecular formula is C22H28ClN3O2. The van der Waals surface area contributed by atoms with Crippen molar-refractivity contribution in [3.05, 3.63) is 65.7 Å². The molecule has 0 saturated carbocycles. The van der Waals surface area contributed by atoms with Gasteiger partial charge in [-0.05, 0) is 56.1 Å². The topological polar surface area (TPSA) is 75.4 Å². The fraction of sp³-hybridized carbons (Fsp3) is 0.364. The van der Waals surface area contributed by atoms with Crippen molar-refractivity contribution < 1.29 is 9.59 Å². The van der Waals surface area contributed by atoms with Crippen molar-refractivity contribution in [3.63, 3.8) is 0 Å². The van der Waals surface area contributed by atoms with Crippen molar-refractivity contribution in [2.75, 3.05) is 25.0 Å². The SMILES string of the molecule is CC(=O)c1ccc(NC(=O)C(C)N2C[C@@H](CN)[C@H](c3ccccc3)C2)cc1.Cl. The Bertz CT molecular complexity index is 795. The maximum atomic E-state index is 12.7. The Balaban J connectivity index is 0.00000280. The van der Waals surface area contributed by atoms with Gasteiger partial charge in [-0.15, -0.1) is 12.4 Å². The van der Waals surface area contributed by atoms with E-state index in [1.54, 1.807) is 24.3 Å². The summed E-state index contributed by atoms with van der Waals surface area (Å²) in [5.41, 5.74) is 8.62. The lowest BCUT2D eigenvalue weighted by molar-refractivity contribution is -0.120. The molecule has 1 fully saturated rings. The van der Waals surface area contributed by atoms with Crippen LogP contribution in [0.4, 0.5) is 5.69 Å². The summed E-state index contributed by atoms with van der Waals surface area (Å²) in [6.45, 7) is 5.70. The molecule has 150 valence electrons. The van der Waals surface area contributed by atoms with E-state index >= 15 is 0 Å². The number of hydrogen-bond donors (Lipinski definition) is 2. The van der Waals surface area contributed by atoms with Gasteiger partial charge in [-0.1, -0.05) is 30.3 Å². The monoisotopic (exact) mass is 401 g/mol. The summed E-state index contributed by atoms with van der Waals surface area (Å²) in [7, 11) is 0. The number of amides is 1. The van der Waals surface area contributed by atoms with Crippen LogP contribution >= 0.6 is 12.4 Å². The van der Waals surface area contributed by atoms with Crippen LogP contribution in [0.1, 0.15) is 35.7 Å². The van der Waals surface area contributed by atoms with E-state index < -0.39 is 0 Å². The number of nitrogens with zero attached hydrogens (tertiary/aromatic N) is 1. The van der Waals surface area contributed by atoms with Gasteiger partial charge in [-0.2, -0.15) is 0 Å². The molecule has 0 aliphatic carbocycles. The van der Waals surface area contributed by atoms with E-state index in [0.717, 1.165) is 13.1 Å². The van der Waals surface area contributed by atoms with Crippen LogP contribution in [0.5, 0.6) is 0 Å². The molecule has 3 rings (SSSR count). The second-order valence-electron chi connectivity index (χ2n) is 7.27. The Morgan fingerprint density at radius 3 is 2.32 bits per heavy atom. The Morgan fingerprint density at radius 2 is 1.75 bits per heavy atom. The fourth-order valence-corrected chi connectivity index (χ4v) is 3.74. The maximum absolute atomic E-state index is 12.7. The molecule has 1 unspecified atom stereocenters. The number of likely N-dealkylation sites (tertiary alicyclic amines) is 1. The highest BCUT2D eigenvalue weighted by atomic mass is 35.5. The maximum Gasteiger partial charge on any atom is 0.241 e. The number of benzene rings is 2. The smallest absolute Gasteiger partial charge is 0.241 e. The average molecular weight is 402 g/mol. The zero-order valence-corrected chi connectivity index (χ0v) is 17.1. The fourth-order valence-electron chi connectivity index (χ4n) is 3.74. The summed E-state index contributed by atoms with van der Waals surface area (Å²) in [6.07, 6.45) is 0. The highest BCUT2D eigenvalue weighted by Gasteiger charge is 2.36. The number of nitrogens with two attached hydrogens (primary N) is 1. The third-order valence-electron chi connectivity index (χ3n) is 5.49. The zero-order chi connectivity index (χ0) is 19.4. The number of carbonyl (C=O) groups is 2. The van der Waals surface area contributed by atoms with Gasteiger partial charge in [-0.25, -0.2) is 0 Å². The van der Waals surface area contributed by atoms with Crippen LogP contribution < -0.4 is 11.1 Å². The van der Waals surface area contributed by atoms with Gasteiger partial charge in [0.15, 0.2) is 5.78 Å². The molecule has 28 heavy (non-hydrogen) atoms. The quantitative estimate of drug-likeness (QED) is 0.728. The predicted octanol–water partition coefficient (Wildman–Crippen LogP) is 3.31. The standard InChI is InChI=1S/C22H27N3O2.ClH/c1-15(22(27)24-20-10-8-17(9-11-20)16(2)26)25-13-19(12-23)21(14-25)18-6-4-3-5-7-18;/h3-11,15,19,21H,12-14,23H2,1-2H3,(H,24,27);1H/t15?,19-,21+;/m1./s1. The summed E-state index contributed by atoms with van der Waals surface area (Å²) in [6, 6.07) is 17.1. The molecule has 0 radical (unpaired) electrons. The van der Waals surface area contributed by atoms with Gasteiger partial charge < -0.3 is 11.1 Å². The van der Waals surface area contributed by atoms with E-state index in [9.17, 15) is 9.59 Å². The molecule has 3 N–H and O–H groups in total. The van der Waals surface area contributed by atoms with E-state index in [0.29, 0.717) is 29.6 Å². The van der Waals surface area contributed by atoms with E-state index in [2.05, 4.69) is 22.3 Å². The van der Waals surface area contributed by atoms with E-state index in [4.69, 9.17) is 5.73 Å². The van der Waals surface area contributed by atoms with Crippen molar-refractivity contribution in [2.45, 2.75) is 25.8 Å². The van der Waals surface area contributed by atoms with Gasteiger partial charge in [0, 0.05) is 30.3 Å². The normalized spacial score (nSPS) is 20.2. The van der Waals surface area contributed by atoms with Crippen LogP contribution in [0.2, 0.25) is 0 Å². The second kappa shape index (κ2) is 9.82. The van der Waals surface area contributed by atoms with Crippen LogP contribution in [-0.4, -0.2) is 42.3 Å². The van der Waals surface area contributed by atoms with Gasteiger partial charge in [-0.3, -0.25) is 14.5 Å². The summed E-state index contributed by atoms with van der Waals surface area (Å²) in [5.74, 6) is 0.659. The summed E-state index contributed by atoms with van der Waals surface area (Å²) < 4.78 is 0. The minimum Gasteiger partial charge on any atom is -0.330 e. The molecule has 3 atom stereocenters. The number of Topliss-reactive ketones (excluding diaryl/α,β-unsaturated/α-hetero) is 1. The van der Waals surface area contributed by atoms with Crippen molar-refractivity contribution in [1.82, 2.24) is 4.90 Å². The molecule has 1 aliphatic rings. The zero-order valence-electron chi connectivity index (χ0n) is 16.3. The first-order valence-electron chi connectivity index (χ1n) is 9.40. The van der Waals surface area contributed by atoms with Crippen LogP contribution in [0.15, 0.2) is 54.6 Å². The Labute approximate surface area is 172 Å². The van der Waals surface area contributed by atoms with E-state index in [-0.39, 0.29) is 30.1 Å². The van der Waals surface area contributed by atoms with Gasteiger partial charge in [0.25, 0.3) is 0 Å². The molecule has 6 heteroatoms. The molecule has 0 aromatic heterocycles. The third kappa shape index (κ3) is 4.98. The highest BCUT2D eigenvalue weighted by molar-refractivity contribution is 5.97.